The number of allylic oxidation sites excluding steroid dienone is 2. The molecule has 0 saturated carbocycles. The number of esters is 2. The lowest BCUT2D eigenvalue weighted by Gasteiger charge is -2.28. The molecule has 0 aromatic rings. The van der Waals surface area contributed by atoms with Crippen LogP contribution in [0.3, 0.4) is 0 Å². The number of carbonyl (C=O) groups excluding carboxylic acids is 3. The summed E-state index contributed by atoms with van der Waals surface area (Å²) in [5.74, 6) is -0.320. The molecule has 68 heavy (non-hydrogen) atoms. The Labute approximate surface area is 416 Å². The minimum Gasteiger partial charge on any atom is -0.461 e. The maximum Gasteiger partial charge on any atom is 0.306 e. The highest BCUT2D eigenvalue weighted by Crippen LogP contribution is 2.13. The summed E-state index contributed by atoms with van der Waals surface area (Å²) in [6, 6.07) is 0. The van der Waals surface area contributed by atoms with Gasteiger partial charge in [0.15, 0.2) is 6.10 Å². The molecule has 0 aliphatic heterocycles. The molecule has 0 radical (unpaired) electrons. The summed E-state index contributed by atoms with van der Waals surface area (Å²) in [4.78, 5) is 40.4. The highest BCUT2D eigenvalue weighted by atomic mass is 16.6. The van der Waals surface area contributed by atoms with Crippen LogP contribution in [-0.2, 0) is 52.3 Å². The quantitative estimate of drug-likeness (QED) is 0.0350. The Morgan fingerprint density at radius 2 is 0.853 bits per heavy atom. The van der Waals surface area contributed by atoms with Crippen molar-refractivity contribution in [3.63, 3.8) is 0 Å². The molecule has 13 heteroatoms. The van der Waals surface area contributed by atoms with Crippen LogP contribution in [0.2, 0.25) is 0 Å². The van der Waals surface area contributed by atoms with Crippen molar-refractivity contribution >= 4 is 17.8 Å². The van der Waals surface area contributed by atoms with Gasteiger partial charge < -0.3 is 48.5 Å². The van der Waals surface area contributed by atoms with E-state index in [1.54, 1.807) is 0 Å². The molecule has 0 aliphatic carbocycles. The van der Waals surface area contributed by atoms with Gasteiger partial charge in [0.25, 0.3) is 5.91 Å². The third-order valence-electron chi connectivity index (χ3n) is 11.5. The normalized spacial score (nSPS) is 12.1. The first kappa shape index (κ1) is 65.6. The fourth-order valence-corrected chi connectivity index (χ4v) is 7.33. The standard InChI is InChI=1S/C55H104N2O11/c1-4-7-10-13-16-24-32-41-67-53(58)34-27-20-18-23-30-39-65-51-52(66-40-31-26-19-21-28-35-54(59)68-42-33-25-17-14-11-8-5-2)55(60)57(37-29-22-15-12-9-6-3)38-44-62-46-48-64-50-49-63-47-45-61-43-36-56/h24-25,32-33,52H,4-23,26-31,34-51,56H2,1-3H3/b32-24-,33-25-. The summed E-state index contributed by atoms with van der Waals surface area (Å²) in [6.45, 7) is 14.0. The van der Waals surface area contributed by atoms with Crippen molar-refractivity contribution in [1.82, 2.24) is 4.90 Å². The Bertz CT molecular complexity index is 1140. The molecular formula is C55H104N2O11. The molecule has 0 fully saturated rings. The zero-order valence-electron chi connectivity index (χ0n) is 44.0. The molecule has 0 saturated heterocycles. The van der Waals surface area contributed by atoms with Gasteiger partial charge >= 0.3 is 11.9 Å². The lowest BCUT2D eigenvalue weighted by Crippen LogP contribution is -2.45. The van der Waals surface area contributed by atoms with Gasteiger partial charge in [0.2, 0.25) is 0 Å². The van der Waals surface area contributed by atoms with Crippen LogP contribution in [0.25, 0.3) is 0 Å². The first-order valence-electron chi connectivity index (χ1n) is 27.6. The summed E-state index contributed by atoms with van der Waals surface area (Å²) in [5, 5.41) is 0. The number of hydrogen-bond donors (Lipinski definition) is 1. The number of amides is 1. The average molecular weight is 969 g/mol. The number of rotatable bonds is 55. The van der Waals surface area contributed by atoms with Crippen molar-refractivity contribution in [2.24, 2.45) is 5.73 Å². The molecule has 0 aromatic heterocycles. The SMILES string of the molecule is CCCCCC/C=C\COC(=O)CCCCCCCOCC(OCCCCCCCC(=O)OC/C=C\CCCCCC)C(=O)N(CCCCCCCC)CCOCCOCCOCCOCCN. The molecule has 0 aliphatic rings. The van der Waals surface area contributed by atoms with Crippen molar-refractivity contribution in [2.45, 2.75) is 207 Å². The van der Waals surface area contributed by atoms with E-state index in [9.17, 15) is 14.4 Å². The van der Waals surface area contributed by atoms with E-state index in [0.717, 1.165) is 96.3 Å². The van der Waals surface area contributed by atoms with Gasteiger partial charge in [-0.05, 0) is 57.8 Å². The van der Waals surface area contributed by atoms with Crippen molar-refractivity contribution < 1.29 is 52.3 Å². The van der Waals surface area contributed by atoms with Gasteiger partial charge in [-0.25, -0.2) is 0 Å². The highest BCUT2D eigenvalue weighted by molar-refractivity contribution is 5.81. The molecule has 2 N–H and O–H groups in total. The third kappa shape index (κ3) is 48.6. The van der Waals surface area contributed by atoms with Crippen LogP contribution < -0.4 is 5.73 Å². The number of nitrogens with two attached hydrogens (primary N) is 1. The second kappa shape index (κ2) is 55.5. The fraction of sp³-hybridized carbons (Fsp3) is 0.873. The van der Waals surface area contributed by atoms with Crippen LogP contribution in [0.4, 0.5) is 0 Å². The fourth-order valence-electron chi connectivity index (χ4n) is 7.33. The van der Waals surface area contributed by atoms with E-state index in [1.807, 2.05) is 17.1 Å². The molecule has 13 nitrogen and oxygen atoms in total. The zero-order valence-corrected chi connectivity index (χ0v) is 44.0. The van der Waals surface area contributed by atoms with Crippen LogP contribution >= 0.6 is 0 Å². The smallest absolute Gasteiger partial charge is 0.306 e. The van der Waals surface area contributed by atoms with Gasteiger partial charge in [-0.3, -0.25) is 14.4 Å². The lowest BCUT2D eigenvalue weighted by molar-refractivity contribution is -0.149. The Kier molecular flexibility index (Phi) is 53.6. The number of unbranched alkanes of at least 4 members (excludes halogenated alkanes) is 21. The molecular weight excluding hydrogens is 865 g/mol. The molecule has 1 unspecified atom stereocenters. The lowest BCUT2D eigenvalue weighted by atomic mass is 10.1. The predicted molar refractivity (Wildman–Crippen MR) is 276 cm³/mol. The molecule has 0 spiro atoms. The molecule has 0 rings (SSSR count). The molecule has 0 aromatic carbocycles. The summed E-state index contributed by atoms with van der Waals surface area (Å²) < 4.78 is 45.5. The number of ether oxygens (including phenoxy) is 8. The minimum atomic E-state index is -0.693. The largest absolute Gasteiger partial charge is 0.461 e. The van der Waals surface area contributed by atoms with Crippen molar-refractivity contribution in [1.29, 1.82) is 0 Å². The topological polar surface area (TPSA) is 154 Å². The van der Waals surface area contributed by atoms with E-state index in [0.29, 0.717) is 112 Å². The zero-order chi connectivity index (χ0) is 49.5. The van der Waals surface area contributed by atoms with Crippen molar-refractivity contribution in [3.05, 3.63) is 24.3 Å². The second-order valence-electron chi connectivity index (χ2n) is 17.8. The molecule has 400 valence electrons. The Morgan fingerprint density at radius 1 is 0.426 bits per heavy atom. The van der Waals surface area contributed by atoms with Crippen LogP contribution in [0.1, 0.15) is 201 Å². The minimum absolute atomic E-state index is 0.0507. The second-order valence-corrected chi connectivity index (χ2v) is 17.8. The van der Waals surface area contributed by atoms with Gasteiger partial charge in [0.1, 0.15) is 13.2 Å². The summed E-state index contributed by atoms with van der Waals surface area (Å²) in [6.07, 6.45) is 36.3. The maximum absolute atomic E-state index is 14.2. The van der Waals surface area contributed by atoms with E-state index in [4.69, 9.17) is 43.6 Å². The van der Waals surface area contributed by atoms with E-state index in [-0.39, 0.29) is 24.5 Å². The van der Waals surface area contributed by atoms with E-state index >= 15 is 0 Å². The Morgan fingerprint density at radius 3 is 1.37 bits per heavy atom. The van der Waals surface area contributed by atoms with Crippen molar-refractivity contribution in [2.75, 3.05) is 106 Å². The summed E-state index contributed by atoms with van der Waals surface area (Å²) in [5.41, 5.74) is 5.43. The molecule has 1 atom stereocenters. The first-order valence-corrected chi connectivity index (χ1v) is 27.6. The monoisotopic (exact) mass is 969 g/mol. The molecule has 1 amide bonds. The number of carbonyl (C=O) groups is 3. The third-order valence-corrected chi connectivity index (χ3v) is 11.5. The van der Waals surface area contributed by atoms with Gasteiger partial charge in [0, 0.05) is 45.7 Å². The first-order chi connectivity index (χ1) is 33.5. The van der Waals surface area contributed by atoms with E-state index < -0.39 is 6.10 Å². The highest BCUT2D eigenvalue weighted by Gasteiger charge is 2.25. The van der Waals surface area contributed by atoms with Crippen molar-refractivity contribution in [3.8, 4) is 0 Å². The van der Waals surface area contributed by atoms with Crippen LogP contribution in [0.15, 0.2) is 24.3 Å². The predicted octanol–water partition coefficient (Wildman–Crippen LogP) is 11.4. The Hall–Kier alpha value is -2.39. The van der Waals surface area contributed by atoms with Crippen LogP contribution in [-0.4, -0.2) is 134 Å². The average Bonchev–Trinajstić information content (AvgIpc) is 3.34. The number of nitrogens with zero attached hydrogens (tertiary/aromatic N) is 1. The van der Waals surface area contributed by atoms with Gasteiger partial charge in [-0.1, -0.05) is 154 Å². The summed E-state index contributed by atoms with van der Waals surface area (Å²) >= 11 is 0. The summed E-state index contributed by atoms with van der Waals surface area (Å²) in [7, 11) is 0. The Balaban J connectivity index is 4.93. The van der Waals surface area contributed by atoms with E-state index in [1.165, 1.54) is 70.6 Å². The van der Waals surface area contributed by atoms with Gasteiger partial charge in [0.05, 0.1) is 59.5 Å². The van der Waals surface area contributed by atoms with Crippen LogP contribution in [0.5, 0.6) is 0 Å². The number of hydrogen-bond acceptors (Lipinski definition) is 12. The van der Waals surface area contributed by atoms with Gasteiger partial charge in [-0.15, -0.1) is 0 Å². The molecule has 0 bridgehead atoms. The molecule has 0 heterocycles. The maximum atomic E-state index is 14.2. The van der Waals surface area contributed by atoms with E-state index in [2.05, 4.69) is 32.9 Å². The van der Waals surface area contributed by atoms with Gasteiger partial charge in [-0.2, -0.15) is 0 Å². The van der Waals surface area contributed by atoms with Crippen LogP contribution in [0, 0.1) is 0 Å².